The van der Waals surface area contributed by atoms with Gasteiger partial charge < -0.3 is 16.8 Å². The maximum Gasteiger partial charge on any atom is 0.239 e. The van der Waals surface area contributed by atoms with E-state index in [-0.39, 0.29) is 5.91 Å². The molecule has 0 aromatic heterocycles. The molecule has 5 heteroatoms. The van der Waals surface area contributed by atoms with Crippen molar-refractivity contribution in [2.45, 2.75) is 51.5 Å². The standard InChI is InChI=1S/C12H23N3O2/c1-9(10(14)16)15-11(17)12(8-13)6-4-2-3-5-7-12/h9H,2-8,13H2,1H3,(H2,14,16)(H,15,17). The molecular formula is C12H23N3O2. The molecule has 0 aliphatic heterocycles. The number of nitrogens with two attached hydrogens (primary N) is 2. The van der Waals surface area contributed by atoms with Crippen molar-refractivity contribution in [1.82, 2.24) is 5.32 Å². The van der Waals surface area contributed by atoms with Gasteiger partial charge in [-0.15, -0.1) is 0 Å². The number of rotatable bonds is 4. The van der Waals surface area contributed by atoms with E-state index in [0.717, 1.165) is 38.5 Å². The van der Waals surface area contributed by atoms with E-state index in [9.17, 15) is 9.59 Å². The second-order valence-corrected chi connectivity index (χ2v) is 5.00. The molecule has 0 bridgehead atoms. The van der Waals surface area contributed by atoms with Crippen LogP contribution in [0.2, 0.25) is 0 Å². The summed E-state index contributed by atoms with van der Waals surface area (Å²) in [6.45, 7) is 1.94. The molecule has 98 valence electrons. The summed E-state index contributed by atoms with van der Waals surface area (Å²) in [5, 5.41) is 2.68. The lowest BCUT2D eigenvalue weighted by Gasteiger charge is -2.30. The average molecular weight is 241 g/mol. The third-order valence-corrected chi connectivity index (χ3v) is 3.71. The SMILES string of the molecule is CC(NC(=O)C1(CN)CCCCCC1)C(N)=O. The smallest absolute Gasteiger partial charge is 0.239 e. The fourth-order valence-corrected chi connectivity index (χ4v) is 2.35. The summed E-state index contributed by atoms with van der Waals surface area (Å²) >= 11 is 0. The first-order valence-electron chi connectivity index (χ1n) is 6.32. The van der Waals surface area contributed by atoms with E-state index in [0.29, 0.717) is 6.54 Å². The molecule has 0 saturated heterocycles. The summed E-state index contributed by atoms with van der Waals surface area (Å²) in [4.78, 5) is 23.2. The van der Waals surface area contributed by atoms with Crippen LogP contribution in [-0.2, 0) is 9.59 Å². The van der Waals surface area contributed by atoms with Crippen molar-refractivity contribution in [1.29, 1.82) is 0 Å². The van der Waals surface area contributed by atoms with Gasteiger partial charge in [0.05, 0.1) is 5.41 Å². The number of nitrogens with one attached hydrogen (secondary N) is 1. The Morgan fingerprint density at radius 2 is 1.76 bits per heavy atom. The van der Waals surface area contributed by atoms with E-state index in [4.69, 9.17) is 11.5 Å². The lowest BCUT2D eigenvalue weighted by molar-refractivity contribution is -0.134. The third kappa shape index (κ3) is 3.43. The summed E-state index contributed by atoms with van der Waals surface area (Å²) in [5.74, 6) is -0.632. The van der Waals surface area contributed by atoms with Crippen molar-refractivity contribution in [3.8, 4) is 0 Å². The highest BCUT2D eigenvalue weighted by Crippen LogP contribution is 2.34. The maximum absolute atomic E-state index is 12.2. The highest BCUT2D eigenvalue weighted by atomic mass is 16.2. The highest BCUT2D eigenvalue weighted by Gasteiger charge is 2.38. The van der Waals surface area contributed by atoms with E-state index in [1.54, 1.807) is 6.92 Å². The zero-order valence-electron chi connectivity index (χ0n) is 10.5. The Morgan fingerprint density at radius 3 is 2.18 bits per heavy atom. The molecule has 0 aromatic carbocycles. The lowest BCUT2D eigenvalue weighted by Crippen LogP contribution is -2.51. The van der Waals surface area contributed by atoms with Crippen molar-refractivity contribution in [2.75, 3.05) is 6.54 Å². The molecule has 1 saturated carbocycles. The van der Waals surface area contributed by atoms with Gasteiger partial charge in [-0.25, -0.2) is 0 Å². The third-order valence-electron chi connectivity index (χ3n) is 3.71. The van der Waals surface area contributed by atoms with Gasteiger partial charge in [-0.05, 0) is 19.8 Å². The summed E-state index contributed by atoms with van der Waals surface area (Å²) in [6, 6.07) is -0.630. The van der Waals surface area contributed by atoms with Gasteiger partial charge in [0, 0.05) is 6.54 Å². The predicted molar refractivity (Wildman–Crippen MR) is 66.0 cm³/mol. The minimum absolute atomic E-state index is 0.117. The van der Waals surface area contributed by atoms with E-state index in [1.165, 1.54) is 0 Å². The normalized spacial score (nSPS) is 21.3. The Morgan fingerprint density at radius 1 is 1.24 bits per heavy atom. The number of hydrogen-bond donors (Lipinski definition) is 3. The van der Waals surface area contributed by atoms with Crippen molar-refractivity contribution in [2.24, 2.45) is 16.9 Å². The molecule has 1 rings (SSSR count). The van der Waals surface area contributed by atoms with E-state index in [1.807, 2.05) is 0 Å². The van der Waals surface area contributed by atoms with Crippen LogP contribution in [0.3, 0.4) is 0 Å². The monoisotopic (exact) mass is 241 g/mol. The summed E-state index contributed by atoms with van der Waals surface area (Å²) in [5.41, 5.74) is 10.4. The predicted octanol–water partition coefficient (Wildman–Crippen LogP) is 0.276. The van der Waals surface area contributed by atoms with Crippen LogP contribution in [-0.4, -0.2) is 24.4 Å². The Labute approximate surface area is 102 Å². The Balaban J connectivity index is 2.70. The molecule has 1 aliphatic rings. The van der Waals surface area contributed by atoms with E-state index < -0.39 is 17.4 Å². The van der Waals surface area contributed by atoms with Crippen LogP contribution >= 0.6 is 0 Å². The zero-order chi connectivity index (χ0) is 12.9. The first kappa shape index (κ1) is 14.0. The van der Waals surface area contributed by atoms with Gasteiger partial charge in [0.2, 0.25) is 11.8 Å². The van der Waals surface area contributed by atoms with Gasteiger partial charge in [-0.2, -0.15) is 0 Å². The topological polar surface area (TPSA) is 98.2 Å². The maximum atomic E-state index is 12.2. The van der Waals surface area contributed by atoms with Gasteiger partial charge in [-0.3, -0.25) is 9.59 Å². The first-order chi connectivity index (χ1) is 8.02. The number of carbonyl (C=O) groups is 2. The quantitative estimate of drug-likeness (QED) is 0.616. The molecular weight excluding hydrogens is 218 g/mol. The molecule has 0 aromatic rings. The lowest BCUT2D eigenvalue weighted by atomic mass is 9.79. The molecule has 2 amide bonds. The second kappa shape index (κ2) is 6.00. The van der Waals surface area contributed by atoms with Gasteiger partial charge in [-0.1, -0.05) is 25.7 Å². The molecule has 17 heavy (non-hydrogen) atoms. The molecule has 5 nitrogen and oxygen atoms in total. The molecule has 0 radical (unpaired) electrons. The van der Waals surface area contributed by atoms with Crippen LogP contribution in [0.5, 0.6) is 0 Å². The van der Waals surface area contributed by atoms with Gasteiger partial charge in [0.15, 0.2) is 0 Å². The highest BCUT2D eigenvalue weighted by molar-refractivity contribution is 5.89. The van der Waals surface area contributed by atoms with Gasteiger partial charge in [0.25, 0.3) is 0 Å². The number of carbonyl (C=O) groups excluding carboxylic acids is 2. The Hall–Kier alpha value is -1.10. The molecule has 0 heterocycles. The Kier molecular flexibility index (Phi) is 4.93. The van der Waals surface area contributed by atoms with Crippen LogP contribution in [0.1, 0.15) is 45.4 Å². The molecule has 5 N–H and O–H groups in total. The number of hydrogen-bond acceptors (Lipinski definition) is 3. The second-order valence-electron chi connectivity index (χ2n) is 5.00. The van der Waals surface area contributed by atoms with Crippen LogP contribution in [0.15, 0.2) is 0 Å². The number of primary amides is 1. The zero-order valence-corrected chi connectivity index (χ0v) is 10.5. The van der Waals surface area contributed by atoms with E-state index in [2.05, 4.69) is 5.32 Å². The minimum atomic E-state index is -0.630. The van der Waals surface area contributed by atoms with Crippen LogP contribution in [0.25, 0.3) is 0 Å². The summed E-state index contributed by atoms with van der Waals surface area (Å²) in [6.07, 6.45) is 5.97. The van der Waals surface area contributed by atoms with Crippen molar-refractivity contribution in [3.63, 3.8) is 0 Å². The fourth-order valence-electron chi connectivity index (χ4n) is 2.35. The molecule has 1 atom stereocenters. The van der Waals surface area contributed by atoms with E-state index >= 15 is 0 Å². The van der Waals surface area contributed by atoms with Crippen molar-refractivity contribution in [3.05, 3.63) is 0 Å². The van der Waals surface area contributed by atoms with Crippen molar-refractivity contribution >= 4 is 11.8 Å². The number of amides is 2. The summed E-state index contributed by atoms with van der Waals surface area (Å²) in [7, 11) is 0. The largest absolute Gasteiger partial charge is 0.368 e. The molecule has 1 aliphatic carbocycles. The average Bonchev–Trinajstić information content (AvgIpc) is 2.54. The fraction of sp³-hybridized carbons (Fsp3) is 0.833. The van der Waals surface area contributed by atoms with Crippen LogP contribution in [0.4, 0.5) is 0 Å². The minimum Gasteiger partial charge on any atom is -0.368 e. The first-order valence-corrected chi connectivity index (χ1v) is 6.32. The Bertz CT molecular complexity index is 283. The van der Waals surface area contributed by atoms with Gasteiger partial charge in [0.1, 0.15) is 6.04 Å². The molecule has 0 spiro atoms. The molecule has 1 unspecified atom stereocenters. The molecule has 1 fully saturated rings. The van der Waals surface area contributed by atoms with Crippen molar-refractivity contribution < 1.29 is 9.59 Å². The van der Waals surface area contributed by atoms with Crippen LogP contribution < -0.4 is 16.8 Å². The van der Waals surface area contributed by atoms with Crippen LogP contribution in [0, 0.1) is 5.41 Å². The van der Waals surface area contributed by atoms with Gasteiger partial charge >= 0.3 is 0 Å². The summed E-state index contributed by atoms with van der Waals surface area (Å²) < 4.78 is 0.